The van der Waals surface area contributed by atoms with Crippen LogP contribution in [-0.2, 0) is 24.1 Å². The third-order valence-corrected chi connectivity index (χ3v) is 11.7. The van der Waals surface area contributed by atoms with Gasteiger partial charge >= 0.3 is 0 Å². The first-order chi connectivity index (χ1) is 27.5. The van der Waals surface area contributed by atoms with Crippen LogP contribution in [0, 0.1) is 6.92 Å². The quantitative estimate of drug-likeness (QED) is 0.104. The number of rotatable bonds is 13. The van der Waals surface area contributed by atoms with Gasteiger partial charge < -0.3 is 24.4 Å². The van der Waals surface area contributed by atoms with Crippen LogP contribution in [0.2, 0.25) is 0 Å². The van der Waals surface area contributed by atoms with Crippen LogP contribution >= 0.6 is 12.6 Å². The molecular formula is C46H50N4O6S. The topological polar surface area (TPSA) is 110 Å². The maximum atomic E-state index is 14.0. The van der Waals surface area contributed by atoms with Gasteiger partial charge in [-0.2, -0.15) is 12.6 Å². The number of anilines is 3. The Morgan fingerprint density at radius 2 is 1.60 bits per heavy atom. The number of nitrogens with one attached hydrogen (secondary N) is 1. The molecule has 0 bridgehead atoms. The standard InChI is InChI=1S/C46H50N4O6S/c1-28-20-35-29(12-14-33-23-31-21-32(13-15-39(31)49(33)44(35)52)48-43(51)16-17-46(2,3)57)24-40(28)55-18-8-5-9-19-56-42-26-37-36(25-41(42)54-4)45(53)50-34(27-47-37)22-30-10-6-7-11-38(30)50/h6-7,10-11,13,15,20-21,24-27,33-34,57H,5,8-9,12,14,16-19,22-23H2,1-4H3,(H,48,51)/t33-,34+/m1/s1. The van der Waals surface area contributed by atoms with Gasteiger partial charge in [0.25, 0.3) is 11.8 Å². The fraction of sp³-hybridized carbons (Fsp3) is 0.391. The van der Waals surface area contributed by atoms with Gasteiger partial charge in [-0.3, -0.25) is 24.3 Å². The van der Waals surface area contributed by atoms with E-state index in [2.05, 4.69) is 30.1 Å². The summed E-state index contributed by atoms with van der Waals surface area (Å²) in [5.74, 6) is 1.79. The zero-order valence-electron chi connectivity index (χ0n) is 33.1. The van der Waals surface area contributed by atoms with E-state index in [-0.39, 0.29) is 34.6 Å². The lowest BCUT2D eigenvalue weighted by Gasteiger charge is -2.23. The van der Waals surface area contributed by atoms with Crippen molar-refractivity contribution in [3.8, 4) is 17.2 Å². The number of aryl methyl sites for hydroxylation is 2. The van der Waals surface area contributed by atoms with Gasteiger partial charge in [-0.15, -0.1) is 0 Å². The smallest absolute Gasteiger partial charge is 0.261 e. The number of hydrogen-bond donors (Lipinski definition) is 2. The first kappa shape index (κ1) is 38.6. The number of benzene rings is 4. The van der Waals surface area contributed by atoms with Crippen molar-refractivity contribution in [1.82, 2.24) is 0 Å². The number of fused-ring (bicyclic) bond motifs is 8. The normalized spacial score (nSPS) is 17.8. The minimum atomic E-state index is -0.203. The summed E-state index contributed by atoms with van der Waals surface area (Å²) in [7, 11) is 1.58. The van der Waals surface area contributed by atoms with Crippen molar-refractivity contribution in [2.45, 2.75) is 95.4 Å². The van der Waals surface area contributed by atoms with E-state index in [1.54, 1.807) is 19.2 Å². The van der Waals surface area contributed by atoms with Gasteiger partial charge in [0.15, 0.2) is 11.5 Å². The van der Waals surface area contributed by atoms with E-state index in [4.69, 9.17) is 19.2 Å². The Balaban J connectivity index is 0.833. The van der Waals surface area contributed by atoms with Gasteiger partial charge in [-0.1, -0.05) is 32.0 Å². The molecule has 11 heteroatoms. The summed E-state index contributed by atoms with van der Waals surface area (Å²) >= 11 is 4.53. The Hall–Kier alpha value is -5.29. The number of ether oxygens (including phenoxy) is 3. The van der Waals surface area contributed by atoms with E-state index in [0.717, 1.165) is 95.6 Å². The molecule has 0 fully saturated rings. The van der Waals surface area contributed by atoms with E-state index >= 15 is 0 Å². The van der Waals surface area contributed by atoms with Crippen LogP contribution in [0.15, 0.2) is 71.7 Å². The largest absolute Gasteiger partial charge is 0.493 e. The zero-order chi connectivity index (χ0) is 39.8. The fourth-order valence-corrected chi connectivity index (χ4v) is 8.54. The molecule has 0 saturated heterocycles. The van der Waals surface area contributed by atoms with Crippen molar-refractivity contribution >= 4 is 59.3 Å². The number of unbranched alkanes of at least 4 members (excludes halogenated alkanes) is 2. The number of hydrogen-bond acceptors (Lipinski definition) is 8. The number of amides is 3. The molecule has 4 heterocycles. The predicted octanol–water partition coefficient (Wildman–Crippen LogP) is 8.86. The molecule has 4 aliphatic rings. The molecule has 10 nitrogen and oxygen atoms in total. The van der Waals surface area contributed by atoms with E-state index in [1.165, 1.54) is 0 Å². The number of carbonyl (C=O) groups excluding carboxylic acids is 3. The highest BCUT2D eigenvalue weighted by molar-refractivity contribution is 7.81. The fourth-order valence-electron chi connectivity index (χ4n) is 8.43. The lowest BCUT2D eigenvalue weighted by Crippen LogP contribution is -2.37. The number of methoxy groups -OCH3 is 1. The molecule has 0 aromatic heterocycles. The molecule has 0 spiro atoms. The Labute approximate surface area is 340 Å². The van der Waals surface area contributed by atoms with Crippen molar-refractivity contribution in [1.29, 1.82) is 0 Å². The molecule has 4 aromatic rings. The number of carbonyl (C=O) groups is 3. The average molecular weight is 787 g/mol. The molecule has 0 aliphatic carbocycles. The summed E-state index contributed by atoms with van der Waals surface area (Å²) < 4.78 is 17.9. The highest BCUT2D eigenvalue weighted by Crippen LogP contribution is 2.42. The minimum absolute atomic E-state index is 0.0179. The summed E-state index contributed by atoms with van der Waals surface area (Å²) in [5, 5.41) is 3.02. The van der Waals surface area contributed by atoms with Gasteiger partial charge in [-0.05, 0) is 117 Å². The molecule has 0 unspecified atom stereocenters. The lowest BCUT2D eigenvalue weighted by molar-refractivity contribution is -0.116. The van der Waals surface area contributed by atoms with Crippen LogP contribution in [0.3, 0.4) is 0 Å². The molecule has 0 saturated carbocycles. The van der Waals surface area contributed by atoms with Crippen LogP contribution in [-0.4, -0.2) is 61.1 Å². The molecule has 0 radical (unpaired) electrons. The molecule has 4 aromatic carbocycles. The molecule has 1 N–H and O–H groups in total. The van der Waals surface area contributed by atoms with Gasteiger partial charge in [0, 0.05) is 58.5 Å². The number of para-hydroxylation sites is 1. The number of aliphatic imine (C=N–C) groups is 1. The third-order valence-electron chi connectivity index (χ3n) is 11.4. The average Bonchev–Trinajstić information content (AvgIpc) is 3.67. The van der Waals surface area contributed by atoms with Crippen LogP contribution in [0.1, 0.15) is 95.3 Å². The molecular weight excluding hydrogens is 737 g/mol. The Bertz CT molecular complexity index is 2260. The van der Waals surface area contributed by atoms with Crippen LogP contribution in [0.5, 0.6) is 17.2 Å². The van der Waals surface area contributed by atoms with Crippen molar-refractivity contribution in [3.05, 3.63) is 100 Å². The van der Waals surface area contributed by atoms with Crippen LogP contribution < -0.4 is 29.3 Å². The maximum absolute atomic E-state index is 14.0. The maximum Gasteiger partial charge on any atom is 0.261 e. The Morgan fingerprint density at radius 1 is 0.842 bits per heavy atom. The van der Waals surface area contributed by atoms with E-state index in [1.807, 2.05) is 79.3 Å². The lowest BCUT2D eigenvalue weighted by atomic mass is 9.98. The summed E-state index contributed by atoms with van der Waals surface area (Å²) in [6, 6.07) is 21.4. The third kappa shape index (κ3) is 7.99. The molecule has 4 aliphatic heterocycles. The summed E-state index contributed by atoms with van der Waals surface area (Å²) in [4.78, 5) is 48.8. The molecule has 57 heavy (non-hydrogen) atoms. The van der Waals surface area contributed by atoms with E-state index in [9.17, 15) is 14.4 Å². The zero-order valence-corrected chi connectivity index (χ0v) is 34.0. The van der Waals surface area contributed by atoms with Crippen molar-refractivity contribution in [3.63, 3.8) is 0 Å². The number of nitrogens with zero attached hydrogens (tertiary/aromatic N) is 3. The van der Waals surface area contributed by atoms with E-state index in [0.29, 0.717) is 48.8 Å². The summed E-state index contributed by atoms with van der Waals surface area (Å²) in [5.41, 5.74) is 8.61. The molecule has 296 valence electrons. The Kier molecular flexibility index (Phi) is 10.8. The van der Waals surface area contributed by atoms with Gasteiger partial charge in [-0.25, -0.2) is 0 Å². The molecule has 8 rings (SSSR count). The summed E-state index contributed by atoms with van der Waals surface area (Å²) in [6.45, 7) is 7.04. The molecule has 3 amide bonds. The second-order valence-corrected chi connectivity index (χ2v) is 17.4. The highest BCUT2D eigenvalue weighted by atomic mass is 32.1. The first-order valence-corrected chi connectivity index (χ1v) is 20.5. The van der Waals surface area contributed by atoms with Crippen LogP contribution in [0.4, 0.5) is 22.7 Å². The molecule has 2 atom stereocenters. The highest BCUT2D eigenvalue weighted by Gasteiger charge is 2.38. The monoisotopic (exact) mass is 786 g/mol. The first-order valence-electron chi connectivity index (χ1n) is 20.0. The van der Waals surface area contributed by atoms with Crippen LogP contribution in [0.25, 0.3) is 0 Å². The van der Waals surface area contributed by atoms with Crippen molar-refractivity contribution in [2.24, 2.45) is 4.99 Å². The van der Waals surface area contributed by atoms with Gasteiger partial charge in [0.2, 0.25) is 5.91 Å². The van der Waals surface area contributed by atoms with Crippen molar-refractivity contribution in [2.75, 3.05) is 35.4 Å². The minimum Gasteiger partial charge on any atom is -0.493 e. The predicted molar refractivity (Wildman–Crippen MR) is 228 cm³/mol. The Morgan fingerprint density at radius 3 is 2.39 bits per heavy atom. The van der Waals surface area contributed by atoms with Crippen molar-refractivity contribution < 1.29 is 28.6 Å². The second kappa shape index (κ2) is 15.9. The second-order valence-electron chi connectivity index (χ2n) is 16.2. The van der Waals surface area contributed by atoms with Gasteiger partial charge in [0.05, 0.1) is 37.6 Å². The SMILES string of the molecule is COc1cc2c(cc1OCCCCCOc1cc3c(cc1C)C(=O)N1c4ccc(NC(=O)CCC(C)(C)S)cc4C[C@H]1CC3)N=C[C@@H]1Cc3ccccc3N1C2=O. The number of thiol groups is 1. The van der Waals surface area contributed by atoms with Gasteiger partial charge in [0.1, 0.15) is 5.75 Å². The van der Waals surface area contributed by atoms with E-state index < -0.39 is 0 Å². The summed E-state index contributed by atoms with van der Waals surface area (Å²) in [6.07, 6.45) is 8.65.